The molecule has 0 aromatic heterocycles. The van der Waals surface area contributed by atoms with E-state index in [0.717, 1.165) is 44.9 Å². The van der Waals surface area contributed by atoms with Crippen LogP contribution in [-0.2, 0) is 18.4 Å². The third-order valence-electron chi connectivity index (χ3n) is 11.7. The predicted molar refractivity (Wildman–Crippen MR) is 256 cm³/mol. The van der Waals surface area contributed by atoms with E-state index in [0.29, 0.717) is 23.9 Å². The molecule has 0 spiro atoms. The summed E-state index contributed by atoms with van der Waals surface area (Å²) in [5.41, 5.74) is 0. The van der Waals surface area contributed by atoms with E-state index in [1.807, 2.05) is 21.1 Å². The quantitative estimate of drug-likeness (QED) is 0.0273. The number of likely N-dealkylation sites (N-methyl/N-ethyl adjacent to an activating group) is 1. The lowest BCUT2D eigenvalue weighted by Gasteiger charge is -2.30. The van der Waals surface area contributed by atoms with E-state index in [2.05, 4.69) is 43.5 Å². The molecule has 0 saturated carbocycles. The minimum Gasteiger partial charge on any atom is -0.756 e. The summed E-state index contributed by atoms with van der Waals surface area (Å²) >= 11 is 0. The molecule has 0 aromatic rings. The third kappa shape index (κ3) is 45.0. The van der Waals surface area contributed by atoms with Crippen molar-refractivity contribution in [3.8, 4) is 0 Å². The van der Waals surface area contributed by atoms with Crippen LogP contribution in [0.25, 0.3) is 0 Å². The first-order chi connectivity index (χ1) is 29.0. The SMILES string of the molecule is CCCCCCCCCCC/C=C\C/C=C\CCCCCCCCCCCC(=O)NC(COP(=O)([O-])OCC[N+](C)(C)C)C(O)CCCCCCCCCCCCCCC. The molecule has 60 heavy (non-hydrogen) atoms. The van der Waals surface area contributed by atoms with Crippen molar-refractivity contribution in [1.82, 2.24) is 5.32 Å². The fourth-order valence-electron chi connectivity index (χ4n) is 7.60. The number of quaternary nitrogens is 1. The molecule has 0 rings (SSSR count). The average molecular weight is 869 g/mol. The number of allylic oxidation sites excluding steroid dienone is 4. The monoisotopic (exact) mass is 869 g/mol. The fourth-order valence-corrected chi connectivity index (χ4v) is 8.32. The molecule has 0 aromatic carbocycles. The molecule has 3 unspecified atom stereocenters. The van der Waals surface area contributed by atoms with E-state index in [9.17, 15) is 19.4 Å². The zero-order chi connectivity index (χ0) is 44.3. The predicted octanol–water partition coefficient (Wildman–Crippen LogP) is 14.2. The van der Waals surface area contributed by atoms with E-state index < -0.39 is 20.0 Å². The highest BCUT2D eigenvalue weighted by molar-refractivity contribution is 7.45. The molecule has 0 bridgehead atoms. The van der Waals surface area contributed by atoms with Crippen LogP contribution < -0.4 is 10.2 Å². The number of carbonyl (C=O) groups is 1. The number of nitrogens with zero attached hydrogens (tertiary/aromatic N) is 1. The molecule has 0 aliphatic carbocycles. The molecule has 0 aliphatic heterocycles. The van der Waals surface area contributed by atoms with E-state index in [1.54, 1.807) is 0 Å². The standard InChI is InChI=1S/C51H101N2O6P/c1-6-8-10-12-14-16-18-20-21-22-23-24-25-26-27-28-29-30-31-33-35-37-39-41-43-45-51(55)52-49(48-59-60(56,57)58-47-46-53(3,4)5)50(54)44-42-40-38-36-34-32-19-17-15-13-11-9-7-2/h23-24,26-27,49-50,54H,6-22,25,28-48H2,1-5H3,(H-,52,55,56,57)/b24-23-,27-26-. The van der Waals surface area contributed by atoms with Crippen LogP contribution in [0.1, 0.15) is 245 Å². The highest BCUT2D eigenvalue weighted by atomic mass is 31.2. The molecule has 3 atom stereocenters. The van der Waals surface area contributed by atoms with Crippen LogP contribution in [0.2, 0.25) is 0 Å². The number of rotatable bonds is 47. The highest BCUT2D eigenvalue weighted by Gasteiger charge is 2.24. The number of phosphoric acid groups is 1. The third-order valence-corrected chi connectivity index (χ3v) is 12.7. The second-order valence-corrected chi connectivity index (χ2v) is 20.3. The molecule has 356 valence electrons. The second-order valence-electron chi connectivity index (χ2n) is 18.9. The molecule has 0 radical (unpaired) electrons. The van der Waals surface area contributed by atoms with E-state index in [1.165, 1.54) is 173 Å². The number of hydrogen-bond donors (Lipinski definition) is 2. The summed E-state index contributed by atoms with van der Waals surface area (Å²) in [6, 6.07) is -0.800. The molecule has 0 saturated heterocycles. The lowest BCUT2D eigenvalue weighted by atomic mass is 10.0. The number of nitrogens with one attached hydrogen (secondary N) is 1. The van der Waals surface area contributed by atoms with Gasteiger partial charge < -0.3 is 28.8 Å². The molecule has 2 N–H and O–H groups in total. The summed E-state index contributed by atoms with van der Waals surface area (Å²) in [5.74, 6) is -0.168. The van der Waals surface area contributed by atoms with Crippen molar-refractivity contribution in [3.05, 3.63) is 24.3 Å². The number of hydrogen-bond acceptors (Lipinski definition) is 6. The van der Waals surface area contributed by atoms with Crippen LogP contribution in [0.3, 0.4) is 0 Å². The molecular formula is C51H101N2O6P. The molecule has 9 heteroatoms. The molecule has 1 amide bonds. The summed E-state index contributed by atoms with van der Waals surface area (Å²) < 4.78 is 23.3. The minimum absolute atomic E-state index is 0.0121. The van der Waals surface area contributed by atoms with Crippen molar-refractivity contribution in [3.63, 3.8) is 0 Å². The van der Waals surface area contributed by atoms with Gasteiger partial charge in [-0.25, -0.2) is 0 Å². The first-order valence-electron chi connectivity index (χ1n) is 25.7. The summed E-state index contributed by atoms with van der Waals surface area (Å²) in [4.78, 5) is 25.4. The fraction of sp³-hybridized carbons (Fsp3) is 0.902. The maximum atomic E-state index is 12.9. The molecule has 0 heterocycles. The Kier molecular flexibility index (Phi) is 42.5. The maximum Gasteiger partial charge on any atom is 0.268 e. The van der Waals surface area contributed by atoms with Crippen molar-refractivity contribution in [2.45, 2.75) is 257 Å². The van der Waals surface area contributed by atoms with Crippen molar-refractivity contribution in [2.24, 2.45) is 0 Å². The smallest absolute Gasteiger partial charge is 0.268 e. The van der Waals surface area contributed by atoms with Gasteiger partial charge in [-0.15, -0.1) is 0 Å². The molecular weight excluding hydrogens is 768 g/mol. The summed E-state index contributed by atoms with van der Waals surface area (Å²) in [5, 5.41) is 13.9. The Morgan fingerprint density at radius 2 is 0.967 bits per heavy atom. The van der Waals surface area contributed by atoms with Crippen LogP contribution >= 0.6 is 7.82 Å². The number of aliphatic hydroxyl groups excluding tert-OH is 1. The summed E-state index contributed by atoms with van der Waals surface area (Å²) in [6.45, 7) is 4.73. The van der Waals surface area contributed by atoms with Crippen LogP contribution in [0.15, 0.2) is 24.3 Å². The zero-order valence-corrected chi connectivity index (χ0v) is 41.3. The highest BCUT2D eigenvalue weighted by Crippen LogP contribution is 2.38. The Balaban J connectivity index is 4.18. The van der Waals surface area contributed by atoms with Crippen LogP contribution in [-0.4, -0.2) is 68.5 Å². The Morgan fingerprint density at radius 3 is 1.38 bits per heavy atom. The number of unbranched alkanes of at least 4 members (excludes halogenated alkanes) is 30. The van der Waals surface area contributed by atoms with E-state index in [-0.39, 0.29) is 19.1 Å². The normalized spacial score (nSPS) is 14.3. The van der Waals surface area contributed by atoms with Gasteiger partial charge in [0.15, 0.2) is 0 Å². The molecule has 0 fully saturated rings. The van der Waals surface area contributed by atoms with Gasteiger partial charge >= 0.3 is 0 Å². The van der Waals surface area contributed by atoms with Gasteiger partial charge in [0, 0.05) is 6.42 Å². The number of amides is 1. The Morgan fingerprint density at radius 1 is 0.583 bits per heavy atom. The Labute approximate surface area is 373 Å². The zero-order valence-electron chi connectivity index (χ0n) is 40.4. The largest absolute Gasteiger partial charge is 0.756 e. The maximum absolute atomic E-state index is 12.9. The van der Waals surface area contributed by atoms with Gasteiger partial charge in [-0.1, -0.05) is 218 Å². The van der Waals surface area contributed by atoms with Crippen LogP contribution in [0.4, 0.5) is 0 Å². The lowest BCUT2D eigenvalue weighted by Crippen LogP contribution is -2.46. The topological polar surface area (TPSA) is 108 Å². The van der Waals surface area contributed by atoms with Crippen molar-refractivity contribution < 1.29 is 32.9 Å². The lowest BCUT2D eigenvalue weighted by molar-refractivity contribution is -0.870. The molecule has 0 aliphatic rings. The average Bonchev–Trinajstić information content (AvgIpc) is 3.20. The summed E-state index contributed by atoms with van der Waals surface area (Å²) in [7, 11) is 1.31. The Bertz CT molecular complexity index is 1030. The van der Waals surface area contributed by atoms with Crippen LogP contribution in [0.5, 0.6) is 0 Å². The van der Waals surface area contributed by atoms with E-state index in [4.69, 9.17) is 9.05 Å². The summed E-state index contributed by atoms with van der Waals surface area (Å²) in [6.07, 6.45) is 51.9. The van der Waals surface area contributed by atoms with Gasteiger partial charge in [0.25, 0.3) is 7.82 Å². The second kappa shape index (κ2) is 43.2. The van der Waals surface area contributed by atoms with Crippen molar-refractivity contribution >= 4 is 13.7 Å². The number of carbonyl (C=O) groups excluding carboxylic acids is 1. The van der Waals surface area contributed by atoms with Gasteiger partial charge in [0.1, 0.15) is 13.2 Å². The first kappa shape index (κ1) is 59.0. The molecule has 8 nitrogen and oxygen atoms in total. The van der Waals surface area contributed by atoms with Gasteiger partial charge in [-0.2, -0.15) is 0 Å². The van der Waals surface area contributed by atoms with Crippen molar-refractivity contribution in [2.75, 3.05) is 40.9 Å². The van der Waals surface area contributed by atoms with E-state index >= 15 is 0 Å². The van der Waals surface area contributed by atoms with Gasteiger partial charge in [0.2, 0.25) is 5.91 Å². The van der Waals surface area contributed by atoms with Crippen molar-refractivity contribution in [1.29, 1.82) is 0 Å². The first-order valence-corrected chi connectivity index (χ1v) is 27.1. The number of phosphoric ester groups is 1. The van der Waals surface area contributed by atoms with Crippen LogP contribution in [0, 0.1) is 0 Å². The van der Waals surface area contributed by atoms with Gasteiger partial charge in [0.05, 0.1) is 39.9 Å². The van der Waals surface area contributed by atoms with Gasteiger partial charge in [-0.05, 0) is 44.9 Å². The van der Waals surface area contributed by atoms with Gasteiger partial charge in [-0.3, -0.25) is 9.36 Å². The number of aliphatic hydroxyl groups is 1. The minimum atomic E-state index is -4.57. The Hall–Kier alpha value is -1.02.